The SMILES string of the molecule is CCN(CC)CCN(Cc1cccs1)C(=O)Nc1cccc(-c2nnnn2C)c1. The molecule has 0 aliphatic carbocycles. The smallest absolute Gasteiger partial charge is 0.318 e. The van der Waals surface area contributed by atoms with Crippen LogP contribution in [-0.4, -0.2) is 62.2 Å². The molecule has 9 heteroatoms. The number of urea groups is 1. The molecule has 0 saturated heterocycles. The summed E-state index contributed by atoms with van der Waals surface area (Å²) >= 11 is 1.66. The van der Waals surface area contributed by atoms with E-state index in [0.717, 1.165) is 30.9 Å². The zero-order valence-corrected chi connectivity index (χ0v) is 17.9. The van der Waals surface area contributed by atoms with E-state index in [9.17, 15) is 4.79 Å². The lowest BCUT2D eigenvalue weighted by Crippen LogP contribution is -2.40. The van der Waals surface area contributed by atoms with Gasteiger partial charge in [0.15, 0.2) is 5.82 Å². The normalized spacial score (nSPS) is 11.0. The molecule has 1 N–H and O–H groups in total. The highest BCUT2D eigenvalue weighted by atomic mass is 32.1. The van der Waals surface area contributed by atoms with Crippen molar-refractivity contribution in [2.24, 2.45) is 7.05 Å². The largest absolute Gasteiger partial charge is 0.322 e. The Morgan fingerprint density at radius 3 is 2.66 bits per heavy atom. The molecule has 0 radical (unpaired) electrons. The third-order valence-electron chi connectivity index (χ3n) is 4.79. The van der Waals surface area contributed by atoms with E-state index in [4.69, 9.17) is 0 Å². The molecule has 2 amide bonds. The Bertz CT molecular complexity index is 905. The number of nitrogens with zero attached hydrogens (tertiary/aromatic N) is 6. The van der Waals surface area contributed by atoms with Crippen LogP contribution < -0.4 is 5.32 Å². The average Bonchev–Trinajstić information content (AvgIpc) is 3.39. The first-order chi connectivity index (χ1) is 14.1. The van der Waals surface area contributed by atoms with Crippen molar-refractivity contribution in [3.63, 3.8) is 0 Å². The molecule has 0 aliphatic heterocycles. The van der Waals surface area contributed by atoms with Gasteiger partial charge in [-0.05, 0) is 47.1 Å². The summed E-state index contributed by atoms with van der Waals surface area (Å²) in [5.41, 5.74) is 1.57. The van der Waals surface area contributed by atoms with E-state index in [1.165, 1.54) is 4.88 Å². The highest BCUT2D eigenvalue weighted by Gasteiger charge is 2.16. The van der Waals surface area contributed by atoms with Crippen molar-refractivity contribution in [2.45, 2.75) is 20.4 Å². The molecular formula is C20H27N7OS. The van der Waals surface area contributed by atoms with Crippen molar-refractivity contribution in [3.8, 4) is 11.4 Å². The zero-order valence-electron chi connectivity index (χ0n) is 17.1. The number of rotatable bonds is 9. The van der Waals surface area contributed by atoms with Crippen LogP contribution in [0, 0.1) is 0 Å². The van der Waals surface area contributed by atoms with Crippen LogP contribution in [0.15, 0.2) is 41.8 Å². The minimum Gasteiger partial charge on any atom is -0.318 e. The van der Waals surface area contributed by atoms with E-state index in [0.29, 0.717) is 18.9 Å². The van der Waals surface area contributed by atoms with E-state index >= 15 is 0 Å². The topological polar surface area (TPSA) is 79.2 Å². The molecule has 1 aromatic carbocycles. The maximum atomic E-state index is 13.0. The number of aromatic nitrogens is 4. The summed E-state index contributed by atoms with van der Waals surface area (Å²) in [5.74, 6) is 0.651. The van der Waals surface area contributed by atoms with Crippen LogP contribution in [0.1, 0.15) is 18.7 Å². The quantitative estimate of drug-likeness (QED) is 0.582. The summed E-state index contributed by atoms with van der Waals surface area (Å²) in [6.45, 7) is 8.32. The molecule has 0 atom stereocenters. The molecule has 0 aliphatic rings. The molecule has 8 nitrogen and oxygen atoms in total. The molecule has 0 bridgehead atoms. The Kier molecular flexibility index (Phi) is 7.31. The second kappa shape index (κ2) is 10.1. The molecule has 0 spiro atoms. The van der Waals surface area contributed by atoms with Crippen LogP contribution in [-0.2, 0) is 13.6 Å². The van der Waals surface area contributed by atoms with Gasteiger partial charge >= 0.3 is 6.03 Å². The first kappa shape index (κ1) is 20.9. The Hall–Kier alpha value is -2.78. The van der Waals surface area contributed by atoms with Crippen molar-refractivity contribution >= 4 is 23.1 Å². The minimum atomic E-state index is -0.112. The summed E-state index contributed by atoms with van der Waals surface area (Å²) in [7, 11) is 1.79. The number of hydrogen-bond acceptors (Lipinski definition) is 6. The lowest BCUT2D eigenvalue weighted by atomic mass is 10.2. The molecule has 0 unspecified atom stereocenters. The molecular weight excluding hydrogens is 386 g/mol. The fraction of sp³-hybridized carbons (Fsp3) is 0.400. The van der Waals surface area contributed by atoms with Crippen LogP contribution in [0.4, 0.5) is 10.5 Å². The molecule has 3 aromatic rings. The Balaban J connectivity index is 1.72. The molecule has 2 aromatic heterocycles. The fourth-order valence-corrected chi connectivity index (χ4v) is 3.78. The number of benzene rings is 1. The van der Waals surface area contributed by atoms with Crippen molar-refractivity contribution < 1.29 is 4.79 Å². The maximum Gasteiger partial charge on any atom is 0.322 e. The molecule has 154 valence electrons. The monoisotopic (exact) mass is 413 g/mol. The van der Waals surface area contributed by atoms with Gasteiger partial charge in [-0.1, -0.05) is 32.0 Å². The van der Waals surface area contributed by atoms with Gasteiger partial charge in [-0.25, -0.2) is 9.48 Å². The Labute approximate surface area is 175 Å². The molecule has 3 rings (SSSR count). The van der Waals surface area contributed by atoms with Crippen molar-refractivity contribution in [2.75, 3.05) is 31.5 Å². The van der Waals surface area contributed by atoms with Gasteiger partial charge in [0.2, 0.25) is 0 Å². The Morgan fingerprint density at radius 2 is 2.00 bits per heavy atom. The number of amides is 2. The highest BCUT2D eigenvalue weighted by Crippen LogP contribution is 2.20. The third-order valence-corrected chi connectivity index (χ3v) is 5.65. The molecule has 29 heavy (non-hydrogen) atoms. The van der Waals surface area contributed by atoms with Gasteiger partial charge in [-0.2, -0.15) is 0 Å². The predicted molar refractivity (Wildman–Crippen MR) is 116 cm³/mol. The number of thiophene rings is 1. The van der Waals surface area contributed by atoms with Crippen molar-refractivity contribution in [1.82, 2.24) is 30.0 Å². The van der Waals surface area contributed by atoms with Crippen LogP contribution in [0.5, 0.6) is 0 Å². The van der Waals surface area contributed by atoms with Gasteiger partial charge in [0, 0.05) is 36.3 Å². The van der Waals surface area contributed by atoms with Gasteiger partial charge in [-0.3, -0.25) is 0 Å². The van der Waals surface area contributed by atoms with Crippen molar-refractivity contribution in [3.05, 3.63) is 46.7 Å². The van der Waals surface area contributed by atoms with Crippen LogP contribution in [0.2, 0.25) is 0 Å². The van der Waals surface area contributed by atoms with E-state index in [1.54, 1.807) is 23.1 Å². The number of likely N-dealkylation sites (N-methyl/N-ethyl adjacent to an activating group) is 1. The summed E-state index contributed by atoms with van der Waals surface area (Å²) < 4.78 is 1.61. The summed E-state index contributed by atoms with van der Waals surface area (Å²) in [6, 6.07) is 11.5. The third kappa shape index (κ3) is 5.61. The second-order valence-electron chi connectivity index (χ2n) is 6.66. The first-order valence-electron chi connectivity index (χ1n) is 9.74. The number of anilines is 1. The Morgan fingerprint density at radius 1 is 1.17 bits per heavy atom. The van der Waals surface area contributed by atoms with Gasteiger partial charge < -0.3 is 15.1 Å². The number of carbonyl (C=O) groups is 1. The van der Waals surface area contributed by atoms with Gasteiger partial charge in [-0.15, -0.1) is 16.4 Å². The zero-order chi connectivity index (χ0) is 20.6. The van der Waals surface area contributed by atoms with Crippen LogP contribution in [0.25, 0.3) is 11.4 Å². The number of tetrazole rings is 1. The number of nitrogens with one attached hydrogen (secondary N) is 1. The lowest BCUT2D eigenvalue weighted by Gasteiger charge is -2.26. The number of carbonyl (C=O) groups excluding carboxylic acids is 1. The van der Waals surface area contributed by atoms with E-state index in [1.807, 2.05) is 40.6 Å². The summed E-state index contributed by atoms with van der Waals surface area (Å²) in [4.78, 5) is 18.4. The molecule has 0 fully saturated rings. The van der Waals surface area contributed by atoms with Gasteiger partial charge in [0.25, 0.3) is 0 Å². The van der Waals surface area contributed by atoms with Crippen molar-refractivity contribution in [1.29, 1.82) is 0 Å². The predicted octanol–water partition coefficient (Wildman–Crippen LogP) is 3.31. The fourth-order valence-electron chi connectivity index (χ4n) is 3.06. The molecule has 0 saturated carbocycles. The van der Waals surface area contributed by atoms with E-state index in [-0.39, 0.29) is 6.03 Å². The van der Waals surface area contributed by atoms with E-state index in [2.05, 4.69) is 45.7 Å². The van der Waals surface area contributed by atoms with Gasteiger partial charge in [0.1, 0.15) is 0 Å². The number of aryl methyl sites for hydroxylation is 1. The average molecular weight is 414 g/mol. The summed E-state index contributed by atoms with van der Waals surface area (Å²) in [5, 5.41) is 16.6. The van der Waals surface area contributed by atoms with E-state index < -0.39 is 0 Å². The first-order valence-corrected chi connectivity index (χ1v) is 10.6. The molecule has 2 heterocycles. The lowest BCUT2D eigenvalue weighted by molar-refractivity contribution is 0.195. The summed E-state index contributed by atoms with van der Waals surface area (Å²) in [6.07, 6.45) is 0. The second-order valence-corrected chi connectivity index (χ2v) is 7.70. The standard InChI is InChI=1S/C20H27N7OS/c1-4-26(5-2)11-12-27(15-18-10-7-13-29-18)20(28)21-17-9-6-8-16(14-17)19-22-23-24-25(19)3/h6-10,13-14H,4-5,11-12,15H2,1-3H3,(H,21,28). The highest BCUT2D eigenvalue weighted by molar-refractivity contribution is 7.09. The van der Waals surface area contributed by atoms with Crippen LogP contribution in [0.3, 0.4) is 0 Å². The minimum absolute atomic E-state index is 0.112. The van der Waals surface area contributed by atoms with Crippen LogP contribution >= 0.6 is 11.3 Å². The maximum absolute atomic E-state index is 13.0. The number of hydrogen-bond donors (Lipinski definition) is 1. The van der Waals surface area contributed by atoms with Gasteiger partial charge in [0.05, 0.1) is 6.54 Å².